The molecular formula is C14H18O3. The number of carbonyl (C=O) groups excluding carboxylic acids is 1. The van der Waals surface area contributed by atoms with Crippen LogP contribution in [0.4, 0.5) is 0 Å². The summed E-state index contributed by atoms with van der Waals surface area (Å²) in [7, 11) is 0. The Labute approximate surface area is 102 Å². The smallest absolute Gasteiger partial charge is 0.308 e. The largest absolute Gasteiger partial charge is 0.466 e. The quantitative estimate of drug-likeness (QED) is 0.795. The maximum absolute atomic E-state index is 11.1. The first-order chi connectivity index (χ1) is 8.11. The minimum absolute atomic E-state index is 0.00377. The lowest BCUT2D eigenvalue weighted by Gasteiger charge is -2.04. The van der Waals surface area contributed by atoms with E-state index in [2.05, 4.69) is 0 Å². The molecule has 3 nitrogen and oxygen atoms in total. The molecule has 0 saturated heterocycles. The first kappa shape index (κ1) is 13.5. The summed E-state index contributed by atoms with van der Waals surface area (Å²) in [6.45, 7) is 4.10. The molecule has 1 N–H and O–H groups in total. The molecule has 0 aliphatic rings. The van der Waals surface area contributed by atoms with E-state index in [0.29, 0.717) is 6.61 Å². The Hall–Kier alpha value is -1.61. The fourth-order valence-corrected chi connectivity index (χ4v) is 1.36. The number of rotatable bonds is 5. The van der Waals surface area contributed by atoms with E-state index in [4.69, 9.17) is 4.74 Å². The van der Waals surface area contributed by atoms with Gasteiger partial charge in [-0.2, -0.15) is 0 Å². The van der Waals surface area contributed by atoms with Gasteiger partial charge in [0.25, 0.3) is 0 Å². The van der Waals surface area contributed by atoms with Gasteiger partial charge in [0.2, 0.25) is 0 Å². The summed E-state index contributed by atoms with van der Waals surface area (Å²) in [6, 6.07) is 7.92. The molecule has 92 valence electrons. The van der Waals surface area contributed by atoms with Crippen molar-refractivity contribution in [2.75, 3.05) is 6.61 Å². The van der Waals surface area contributed by atoms with E-state index in [9.17, 15) is 9.90 Å². The average Bonchev–Trinajstić information content (AvgIpc) is 2.28. The number of aliphatic hydroxyl groups is 1. The van der Waals surface area contributed by atoms with E-state index in [-0.39, 0.29) is 12.4 Å². The number of ether oxygens (including phenoxy) is 1. The minimum atomic E-state index is -0.796. The van der Waals surface area contributed by atoms with Gasteiger partial charge in [0.1, 0.15) is 0 Å². The van der Waals surface area contributed by atoms with Crippen molar-refractivity contribution >= 4 is 12.0 Å². The molecule has 0 unspecified atom stereocenters. The van der Waals surface area contributed by atoms with E-state index < -0.39 is 6.10 Å². The molecule has 0 bridgehead atoms. The van der Waals surface area contributed by atoms with Crippen molar-refractivity contribution < 1.29 is 14.6 Å². The van der Waals surface area contributed by atoms with Gasteiger partial charge in [-0.15, -0.1) is 0 Å². The summed E-state index contributed by atoms with van der Waals surface area (Å²) >= 11 is 0. The number of benzene rings is 1. The summed E-state index contributed by atoms with van der Waals surface area (Å²) in [5, 5.41) is 9.57. The zero-order chi connectivity index (χ0) is 12.7. The molecular weight excluding hydrogens is 216 g/mol. The van der Waals surface area contributed by atoms with Crippen molar-refractivity contribution in [2.45, 2.75) is 26.4 Å². The zero-order valence-electron chi connectivity index (χ0n) is 10.2. The third-order valence-electron chi connectivity index (χ3n) is 2.27. The monoisotopic (exact) mass is 234 g/mol. The average molecular weight is 234 g/mol. The van der Waals surface area contributed by atoms with Gasteiger partial charge in [0, 0.05) is 0 Å². The molecule has 0 amide bonds. The molecule has 1 rings (SSSR count). The predicted octanol–water partition coefficient (Wildman–Crippen LogP) is 2.32. The van der Waals surface area contributed by atoms with Crippen LogP contribution in [-0.2, 0) is 9.53 Å². The molecule has 0 radical (unpaired) electrons. The van der Waals surface area contributed by atoms with E-state index in [1.165, 1.54) is 5.56 Å². The number of carbonyl (C=O) groups is 1. The molecule has 0 spiro atoms. The van der Waals surface area contributed by atoms with Crippen molar-refractivity contribution in [3.8, 4) is 0 Å². The van der Waals surface area contributed by atoms with Crippen molar-refractivity contribution in [1.82, 2.24) is 0 Å². The highest BCUT2D eigenvalue weighted by Gasteiger charge is 2.07. The lowest BCUT2D eigenvalue weighted by molar-refractivity contribution is -0.144. The molecule has 0 heterocycles. The van der Waals surface area contributed by atoms with E-state index >= 15 is 0 Å². The van der Waals surface area contributed by atoms with Gasteiger partial charge in [-0.25, -0.2) is 0 Å². The highest BCUT2D eigenvalue weighted by Crippen LogP contribution is 2.06. The van der Waals surface area contributed by atoms with Gasteiger partial charge in [-0.3, -0.25) is 4.79 Å². The molecule has 0 aliphatic carbocycles. The fraction of sp³-hybridized carbons (Fsp3) is 0.357. The molecule has 1 atom stereocenters. The van der Waals surface area contributed by atoms with Crippen LogP contribution in [0.15, 0.2) is 30.3 Å². The summed E-state index contributed by atoms with van der Waals surface area (Å²) in [6.07, 6.45) is 2.59. The van der Waals surface area contributed by atoms with Crippen molar-refractivity contribution in [3.63, 3.8) is 0 Å². The third-order valence-corrected chi connectivity index (χ3v) is 2.27. The Balaban J connectivity index is 2.47. The van der Waals surface area contributed by atoms with Crippen molar-refractivity contribution in [2.24, 2.45) is 0 Å². The predicted molar refractivity (Wildman–Crippen MR) is 67.5 cm³/mol. The Morgan fingerprint density at radius 2 is 2.06 bits per heavy atom. The number of hydrogen-bond donors (Lipinski definition) is 1. The second-order valence-electron chi connectivity index (χ2n) is 3.85. The molecule has 3 heteroatoms. The lowest BCUT2D eigenvalue weighted by Crippen LogP contribution is -2.13. The summed E-state index contributed by atoms with van der Waals surface area (Å²) in [5.41, 5.74) is 2.19. The van der Waals surface area contributed by atoms with Crippen LogP contribution in [0.25, 0.3) is 6.08 Å². The van der Waals surface area contributed by atoms with Crippen molar-refractivity contribution in [1.29, 1.82) is 0 Å². The summed E-state index contributed by atoms with van der Waals surface area (Å²) < 4.78 is 4.75. The molecule has 0 aliphatic heterocycles. The topological polar surface area (TPSA) is 46.5 Å². The van der Waals surface area contributed by atoms with Gasteiger partial charge in [-0.1, -0.05) is 42.0 Å². The SMILES string of the molecule is CCOC(=O)C[C@@H](O)/C=C/c1ccc(C)cc1. The molecule has 17 heavy (non-hydrogen) atoms. The van der Waals surface area contributed by atoms with Crippen LogP contribution >= 0.6 is 0 Å². The minimum Gasteiger partial charge on any atom is -0.466 e. The Morgan fingerprint density at radius 3 is 2.65 bits per heavy atom. The van der Waals surface area contributed by atoms with Crippen LogP contribution in [0, 0.1) is 6.92 Å². The molecule has 1 aromatic carbocycles. The summed E-state index contributed by atoms with van der Waals surface area (Å²) in [5.74, 6) is -0.381. The zero-order valence-corrected chi connectivity index (χ0v) is 10.2. The highest BCUT2D eigenvalue weighted by atomic mass is 16.5. The van der Waals surface area contributed by atoms with Crippen LogP contribution in [0.5, 0.6) is 0 Å². The van der Waals surface area contributed by atoms with Crippen LogP contribution in [-0.4, -0.2) is 23.8 Å². The Bertz CT molecular complexity index is 379. The maximum Gasteiger partial charge on any atom is 0.308 e. The van der Waals surface area contributed by atoms with Gasteiger partial charge in [-0.05, 0) is 19.4 Å². The number of hydrogen-bond acceptors (Lipinski definition) is 3. The third kappa shape index (κ3) is 5.31. The van der Waals surface area contributed by atoms with Gasteiger partial charge in [0.15, 0.2) is 0 Å². The van der Waals surface area contributed by atoms with Gasteiger partial charge in [0.05, 0.1) is 19.1 Å². The van der Waals surface area contributed by atoms with Crippen LogP contribution in [0.2, 0.25) is 0 Å². The number of aryl methyl sites for hydroxylation is 1. The van der Waals surface area contributed by atoms with Gasteiger partial charge < -0.3 is 9.84 Å². The molecule has 0 saturated carbocycles. The van der Waals surface area contributed by atoms with E-state index in [1.54, 1.807) is 19.1 Å². The molecule has 0 aromatic heterocycles. The summed E-state index contributed by atoms with van der Waals surface area (Å²) in [4.78, 5) is 11.1. The first-order valence-electron chi connectivity index (χ1n) is 5.70. The Morgan fingerprint density at radius 1 is 1.41 bits per heavy atom. The van der Waals surface area contributed by atoms with E-state index in [0.717, 1.165) is 5.56 Å². The van der Waals surface area contributed by atoms with E-state index in [1.807, 2.05) is 31.2 Å². The Kier molecular flexibility index (Phi) is 5.43. The standard InChI is InChI=1S/C14H18O3/c1-3-17-14(16)10-13(15)9-8-12-6-4-11(2)5-7-12/h4-9,13,15H,3,10H2,1-2H3/b9-8+/t13-/m0/s1. The second-order valence-corrected chi connectivity index (χ2v) is 3.85. The molecule has 0 fully saturated rings. The number of esters is 1. The lowest BCUT2D eigenvalue weighted by atomic mass is 10.1. The molecule has 1 aromatic rings. The fourth-order valence-electron chi connectivity index (χ4n) is 1.36. The first-order valence-corrected chi connectivity index (χ1v) is 5.70. The van der Waals surface area contributed by atoms with Crippen molar-refractivity contribution in [3.05, 3.63) is 41.5 Å². The number of aliphatic hydroxyl groups excluding tert-OH is 1. The van der Waals surface area contributed by atoms with Crippen LogP contribution < -0.4 is 0 Å². The highest BCUT2D eigenvalue weighted by molar-refractivity contribution is 5.70. The second kappa shape index (κ2) is 6.86. The van der Waals surface area contributed by atoms with Crippen LogP contribution in [0.3, 0.4) is 0 Å². The maximum atomic E-state index is 11.1. The van der Waals surface area contributed by atoms with Gasteiger partial charge >= 0.3 is 5.97 Å². The van der Waals surface area contributed by atoms with Crippen LogP contribution in [0.1, 0.15) is 24.5 Å². The normalized spacial score (nSPS) is 12.6.